The van der Waals surface area contributed by atoms with E-state index in [1.807, 2.05) is 23.1 Å². The fourth-order valence-electron chi connectivity index (χ4n) is 3.14. The molecule has 1 fully saturated rings. The third-order valence-corrected chi connectivity index (χ3v) is 4.53. The molecule has 130 valence electrons. The maximum absolute atomic E-state index is 12.4. The molecule has 0 saturated carbocycles. The first-order valence-corrected chi connectivity index (χ1v) is 8.47. The van der Waals surface area contributed by atoms with Crippen LogP contribution in [0, 0.1) is 0 Å². The fraction of sp³-hybridized carbons (Fsp3) is 0.389. The number of likely N-dealkylation sites (tertiary alicyclic amines) is 1. The zero-order chi connectivity index (χ0) is 17.2. The monoisotopic (exact) mass is 341 g/mol. The van der Waals surface area contributed by atoms with Crippen molar-refractivity contribution in [1.82, 2.24) is 14.7 Å². The van der Waals surface area contributed by atoms with Gasteiger partial charge in [-0.1, -0.05) is 0 Å². The molecule has 2 aliphatic rings. The van der Waals surface area contributed by atoms with Gasteiger partial charge in [-0.15, -0.1) is 0 Å². The third-order valence-electron chi connectivity index (χ3n) is 4.53. The molecule has 7 heteroatoms. The summed E-state index contributed by atoms with van der Waals surface area (Å²) in [6, 6.07) is 8.59. The molecule has 0 N–H and O–H groups in total. The zero-order valence-electron chi connectivity index (χ0n) is 13.8. The standard InChI is InChI=1S/C18H19N3O4/c22-17-7-5-14(13-4-6-15-16(10-13)25-12-24-15)19-21(17)11-18(23)20-8-2-1-3-9-20/h4-7,10H,1-3,8-9,11-12H2. The van der Waals surface area contributed by atoms with Crippen molar-refractivity contribution in [2.24, 2.45) is 0 Å². The number of aromatic nitrogens is 2. The molecule has 4 rings (SSSR count). The summed E-state index contributed by atoms with van der Waals surface area (Å²) in [4.78, 5) is 26.3. The normalized spacial score (nSPS) is 16.1. The zero-order valence-corrected chi connectivity index (χ0v) is 13.8. The molecule has 0 unspecified atom stereocenters. The molecule has 0 bridgehead atoms. The molecular weight excluding hydrogens is 322 g/mol. The highest BCUT2D eigenvalue weighted by atomic mass is 16.7. The second-order valence-corrected chi connectivity index (χ2v) is 6.22. The lowest BCUT2D eigenvalue weighted by Gasteiger charge is -2.26. The Bertz CT molecular complexity index is 856. The van der Waals surface area contributed by atoms with Gasteiger partial charge in [0, 0.05) is 24.7 Å². The first-order valence-electron chi connectivity index (χ1n) is 8.47. The van der Waals surface area contributed by atoms with Crippen LogP contribution in [0.15, 0.2) is 35.1 Å². The van der Waals surface area contributed by atoms with Crippen LogP contribution in [0.25, 0.3) is 11.3 Å². The Morgan fingerprint density at radius 2 is 1.84 bits per heavy atom. The average molecular weight is 341 g/mol. The van der Waals surface area contributed by atoms with Crippen molar-refractivity contribution < 1.29 is 14.3 Å². The van der Waals surface area contributed by atoms with E-state index in [0.717, 1.165) is 37.9 Å². The summed E-state index contributed by atoms with van der Waals surface area (Å²) in [7, 11) is 0. The van der Waals surface area contributed by atoms with Crippen LogP contribution < -0.4 is 15.0 Å². The lowest BCUT2D eigenvalue weighted by Crippen LogP contribution is -2.40. The number of benzene rings is 1. The number of hydrogen-bond donors (Lipinski definition) is 0. The van der Waals surface area contributed by atoms with Crippen LogP contribution in [0.1, 0.15) is 19.3 Å². The summed E-state index contributed by atoms with van der Waals surface area (Å²) in [5, 5.41) is 4.36. The number of nitrogens with zero attached hydrogens (tertiary/aromatic N) is 3. The Morgan fingerprint density at radius 1 is 1.04 bits per heavy atom. The van der Waals surface area contributed by atoms with Crippen molar-refractivity contribution >= 4 is 5.91 Å². The van der Waals surface area contributed by atoms with Gasteiger partial charge in [-0.05, 0) is 43.5 Å². The smallest absolute Gasteiger partial charge is 0.267 e. The highest BCUT2D eigenvalue weighted by molar-refractivity contribution is 5.76. The molecule has 0 radical (unpaired) electrons. The van der Waals surface area contributed by atoms with Crippen molar-refractivity contribution in [2.45, 2.75) is 25.8 Å². The Labute approximate surface area is 144 Å². The fourth-order valence-corrected chi connectivity index (χ4v) is 3.14. The number of carbonyl (C=O) groups is 1. The first kappa shape index (κ1) is 15.7. The number of carbonyl (C=O) groups excluding carboxylic acids is 1. The number of fused-ring (bicyclic) bond motifs is 1. The lowest BCUT2D eigenvalue weighted by molar-refractivity contribution is -0.133. The van der Waals surface area contributed by atoms with Crippen LogP contribution in [0.3, 0.4) is 0 Å². The van der Waals surface area contributed by atoms with Crippen LogP contribution in [-0.2, 0) is 11.3 Å². The first-order chi connectivity index (χ1) is 12.2. The van der Waals surface area contributed by atoms with Gasteiger partial charge in [-0.2, -0.15) is 5.10 Å². The molecule has 2 aromatic rings. The van der Waals surface area contributed by atoms with E-state index in [1.54, 1.807) is 6.07 Å². The van der Waals surface area contributed by atoms with Crippen molar-refractivity contribution in [3.63, 3.8) is 0 Å². The minimum absolute atomic E-state index is 0.0305. The lowest BCUT2D eigenvalue weighted by atomic mass is 10.1. The van der Waals surface area contributed by atoms with Crippen molar-refractivity contribution in [1.29, 1.82) is 0 Å². The quantitative estimate of drug-likeness (QED) is 0.849. The van der Waals surface area contributed by atoms with Gasteiger partial charge in [0.25, 0.3) is 5.56 Å². The molecule has 1 aromatic carbocycles. The average Bonchev–Trinajstić information content (AvgIpc) is 3.12. The van der Waals surface area contributed by atoms with Gasteiger partial charge >= 0.3 is 0 Å². The van der Waals surface area contributed by atoms with Gasteiger partial charge in [0.1, 0.15) is 6.54 Å². The summed E-state index contributed by atoms with van der Waals surface area (Å²) >= 11 is 0. The van der Waals surface area contributed by atoms with E-state index in [9.17, 15) is 9.59 Å². The summed E-state index contributed by atoms with van der Waals surface area (Å²) in [5.74, 6) is 1.29. The summed E-state index contributed by atoms with van der Waals surface area (Å²) < 4.78 is 11.9. The van der Waals surface area contributed by atoms with E-state index >= 15 is 0 Å². The molecule has 0 aliphatic carbocycles. The molecule has 1 aromatic heterocycles. The Morgan fingerprint density at radius 3 is 2.68 bits per heavy atom. The number of piperidine rings is 1. The SMILES string of the molecule is O=C(Cn1nc(-c2ccc3c(c2)OCO3)ccc1=O)N1CCCCC1. The third kappa shape index (κ3) is 3.22. The summed E-state index contributed by atoms with van der Waals surface area (Å²) in [6.07, 6.45) is 3.19. The molecular formula is C18H19N3O4. The summed E-state index contributed by atoms with van der Waals surface area (Å²) in [5.41, 5.74) is 1.14. The predicted octanol–water partition coefficient (Wildman–Crippen LogP) is 1.65. The van der Waals surface area contributed by atoms with Gasteiger partial charge < -0.3 is 14.4 Å². The number of ether oxygens (including phenoxy) is 2. The summed E-state index contributed by atoms with van der Waals surface area (Å²) in [6.45, 7) is 1.69. The Hall–Kier alpha value is -2.83. The Balaban J connectivity index is 1.58. The second kappa shape index (κ2) is 6.58. The van der Waals surface area contributed by atoms with Gasteiger partial charge in [-0.25, -0.2) is 4.68 Å². The molecule has 0 atom stereocenters. The molecule has 2 aliphatic heterocycles. The molecule has 25 heavy (non-hydrogen) atoms. The Kier molecular flexibility index (Phi) is 4.13. The second-order valence-electron chi connectivity index (χ2n) is 6.22. The maximum atomic E-state index is 12.4. The van der Waals surface area contributed by atoms with Gasteiger partial charge in [0.05, 0.1) is 5.69 Å². The number of hydrogen-bond acceptors (Lipinski definition) is 5. The molecule has 1 amide bonds. The van der Waals surface area contributed by atoms with E-state index in [4.69, 9.17) is 9.47 Å². The number of amides is 1. The van der Waals surface area contributed by atoms with E-state index in [1.165, 1.54) is 10.7 Å². The molecule has 7 nitrogen and oxygen atoms in total. The van der Waals surface area contributed by atoms with Crippen LogP contribution in [0.2, 0.25) is 0 Å². The van der Waals surface area contributed by atoms with Crippen LogP contribution in [0.4, 0.5) is 0 Å². The van der Waals surface area contributed by atoms with Gasteiger partial charge in [0.2, 0.25) is 12.7 Å². The van der Waals surface area contributed by atoms with E-state index < -0.39 is 0 Å². The minimum Gasteiger partial charge on any atom is -0.454 e. The molecule has 3 heterocycles. The molecule has 0 spiro atoms. The maximum Gasteiger partial charge on any atom is 0.267 e. The largest absolute Gasteiger partial charge is 0.454 e. The van der Waals surface area contributed by atoms with E-state index in [-0.39, 0.29) is 24.8 Å². The highest BCUT2D eigenvalue weighted by Gasteiger charge is 2.18. The van der Waals surface area contributed by atoms with E-state index in [2.05, 4.69) is 5.10 Å². The van der Waals surface area contributed by atoms with Crippen LogP contribution in [-0.4, -0.2) is 40.5 Å². The van der Waals surface area contributed by atoms with Crippen LogP contribution in [0.5, 0.6) is 11.5 Å². The van der Waals surface area contributed by atoms with Gasteiger partial charge in [-0.3, -0.25) is 9.59 Å². The topological polar surface area (TPSA) is 73.7 Å². The number of rotatable bonds is 3. The van der Waals surface area contributed by atoms with Crippen molar-refractivity contribution in [3.05, 3.63) is 40.7 Å². The van der Waals surface area contributed by atoms with Gasteiger partial charge in [0.15, 0.2) is 11.5 Å². The van der Waals surface area contributed by atoms with Crippen LogP contribution >= 0.6 is 0 Å². The predicted molar refractivity (Wildman–Crippen MR) is 90.5 cm³/mol. The minimum atomic E-state index is -0.283. The van der Waals surface area contributed by atoms with Crippen molar-refractivity contribution in [3.8, 4) is 22.8 Å². The molecule has 1 saturated heterocycles. The van der Waals surface area contributed by atoms with E-state index in [0.29, 0.717) is 17.2 Å². The van der Waals surface area contributed by atoms with Crippen molar-refractivity contribution in [2.75, 3.05) is 19.9 Å². The highest BCUT2D eigenvalue weighted by Crippen LogP contribution is 2.35.